The molecule has 0 aliphatic rings. The van der Waals surface area contributed by atoms with E-state index in [1.54, 1.807) is 6.20 Å². The van der Waals surface area contributed by atoms with Gasteiger partial charge >= 0.3 is 0 Å². The number of benzene rings is 1. The van der Waals surface area contributed by atoms with Crippen molar-refractivity contribution in [1.29, 1.82) is 0 Å². The summed E-state index contributed by atoms with van der Waals surface area (Å²) in [7, 11) is 0. The van der Waals surface area contributed by atoms with Crippen molar-refractivity contribution in [1.82, 2.24) is 4.98 Å². The van der Waals surface area contributed by atoms with Crippen LogP contribution in [0.4, 0.5) is 11.5 Å². The predicted molar refractivity (Wildman–Crippen MR) is 77.8 cm³/mol. The molecule has 0 bridgehead atoms. The molecule has 94 valence electrons. The first-order chi connectivity index (χ1) is 8.69. The lowest BCUT2D eigenvalue weighted by molar-refractivity contribution is 0.340. The lowest BCUT2D eigenvalue weighted by Gasteiger charge is -2.09. The maximum absolute atomic E-state index is 6.11. The Morgan fingerprint density at radius 1 is 1.33 bits per heavy atom. The lowest BCUT2D eigenvalue weighted by Crippen LogP contribution is -1.95. The highest BCUT2D eigenvalue weighted by Gasteiger charge is 2.03. The third kappa shape index (κ3) is 3.37. The fraction of sp³-hybridized carbons (Fsp3) is 0.154. The molecule has 2 aromatic rings. The number of halogens is 2. The standard InChI is InChI=1S/C13H12BrClN2O/c1-2-18-12-5-4-10(7-11(12)15)17-13-6-3-9(14)8-16-13/h3-8H,2H2,1H3,(H,16,17). The van der Waals surface area contributed by atoms with E-state index >= 15 is 0 Å². The van der Waals surface area contributed by atoms with Crippen molar-refractivity contribution < 1.29 is 4.74 Å². The molecule has 0 amide bonds. The van der Waals surface area contributed by atoms with Crippen LogP contribution in [0.2, 0.25) is 5.02 Å². The first-order valence-electron chi connectivity index (χ1n) is 5.50. The van der Waals surface area contributed by atoms with Gasteiger partial charge in [-0.2, -0.15) is 0 Å². The molecule has 0 radical (unpaired) electrons. The lowest BCUT2D eigenvalue weighted by atomic mass is 10.3. The van der Waals surface area contributed by atoms with E-state index in [2.05, 4.69) is 26.2 Å². The zero-order valence-electron chi connectivity index (χ0n) is 9.78. The second-order valence-electron chi connectivity index (χ2n) is 3.56. The Kier molecular flexibility index (Phi) is 4.44. The van der Waals surface area contributed by atoms with Crippen LogP contribution in [0.25, 0.3) is 0 Å². The van der Waals surface area contributed by atoms with Gasteiger partial charge in [0.2, 0.25) is 0 Å². The number of rotatable bonds is 4. The molecule has 1 N–H and O–H groups in total. The summed E-state index contributed by atoms with van der Waals surface area (Å²) in [6.07, 6.45) is 1.73. The topological polar surface area (TPSA) is 34.1 Å². The van der Waals surface area contributed by atoms with Crippen LogP contribution in [0.1, 0.15) is 6.92 Å². The molecular weight excluding hydrogens is 316 g/mol. The van der Waals surface area contributed by atoms with Crippen LogP contribution < -0.4 is 10.1 Å². The average molecular weight is 328 g/mol. The molecule has 18 heavy (non-hydrogen) atoms. The number of aromatic nitrogens is 1. The van der Waals surface area contributed by atoms with Gasteiger partial charge in [-0.1, -0.05) is 11.6 Å². The maximum Gasteiger partial charge on any atom is 0.138 e. The number of pyridine rings is 1. The molecule has 1 heterocycles. The number of hydrogen-bond donors (Lipinski definition) is 1. The summed E-state index contributed by atoms with van der Waals surface area (Å²) < 4.78 is 6.32. The molecule has 0 unspecified atom stereocenters. The highest BCUT2D eigenvalue weighted by molar-refractivity contribution is 9.10. The van der Waals surface area contributed by atoms with E-state index in [4.69, 9.17) is 16.3 Å². The number of ether oxygens (including phenoxy) is 1. The van der Waals surface area contributed by atoms with Crippen molar-refractivity contribution in [2.45, 2.75) is 6.92 Å². The van der Waals surface area contributed by atoms with Crippen LogP contribution in [-0.2, 0) is 0 Å². The van der Waals surface area contributed by atoms with Gasteiger partial charge in [-0.15, -0.1) is 0 Å². The minimum Gasteiger partial charge on any atom is -0.492 e. The summed E-state index contributed by atoms with van der Waals surface area (Å²) >= 11 is 9.45. The monoisotopic (exact) mass is 326 g/mol. The molecule has 1 aromatic carbocycles. The SMILES string of the molecule is CCOc1ccc(Nc2ccc(Br)cn2)cc1Cl. The second-order valence-corrected chi connectivity index (χ2v) is 4.89. The Morgan fingerprint density at radius 2 is 2.17 bits per heavy atom. The number of anilines is 2. The Morgan fingerprint density at radius 3 is 2.78 bits per heavy atom. The van der Waals surface area contributed by atoms with Gasteiger partial charge in [0.05, 0.1) is 11.6 Å². The van der Waals surface area contributed by atoms with Crippen LogP contribution in [0.5, 0.6) is 5.75 Å². The Balaban J connectivity index is 2.14. The van der Waals surface area contributed by atoms with E-state index in [0.29, 0.717) is 17.4 Å². The smallest absolute Gasteiger partial charge is 0.138 e. The van der Waals surface area contributed by atoms with Gasteiger partial charge in [0, 0.05) is 16.4 Å². The molecule has 3 nitrogen and oxygen atoms in total. The zero-order valence-corrected chi connectivity index (χ0v) is 12.1. The first-order valence-corrected chi connectivity index (χ1v) is 6.67. The summed E-state index contributed by atoms with van der Waals surface area (Å²) in [5.74, 6) is 1.45. The molecule has 5 heteroatoms. The molecule has 0 atom stereocenters. The second kappa shape index (κ2) is 6.07. The van der Waals surface area contributed by atoms with Crippen molar-refractivity contribution in [2.24, 2.45) is 0 Å². The van der Waals surface area contributed by atoms with Crippen LogP contribution in [0, 0.1) is 0 Å². The molecule has 0 saturated carbocycles. The van der Waals surface area contributed by atoms with Crippen molar-refractivity contribution in [3.05, 3.63) is 46.0 Å². The summed E-state index contributed by atoms with van der Waals surface area (Å²) in [5, 5.41) is 3.75. The van der Waals surface area contributed by atoms with E-state index in [0.717, 1.165) is 16.0 Å². The van der Waals surface area contributed by atoms with E-state index in [1.807, 2.05) is 37.3 Å². The molecule has 2 rings (SSSR count). The van der Waals surface area contributed by atoms with E-state index in [-0.39, 0.29) is 0 Å². The molecule has 1 aromatic heterocycles. The van der Waals surface area contributed by atoms with Gasteiger partial charge in [0.1, 0.15) is 11.6 Å². The number of nitrogens with zero attached hydrogens (tertiary/aromatic N) is 1. The predicted octanol–water partition coefficient (Wildman–Crippen LogP) is 4.64. The third-order valence-electron chi connectivity index (χ3n) is 2.23. The van der Waals surface area contributed by atoms with Gasteiger partial charge in [-0.3, -0.25) is 0 Å². The van der Waals surface area contributed by atoms with Crippen molar-refractivity contribution >= 4 is 39.0 Å². The van der Waals surface area contributed by atoms with Gasteiger partial charge in [-0.05, 0) is 53.2 Å². The first kappa shape index (κ1) is 13.2. The van der Waals surface area contributed by atoms with Gasteiger partial charge in [0.25, 0.3) is 0 Å². The number of hydrogen-bond acceptors (Lipinski definition) is 3. The highest BCUT2D eigenvalue weighted by Crippen LogP contribution is 2.28. The van der Waals surface area contributed by atoms with Crippen LogP contribution in [0.3, 0.4) is 0 Å². The molecule has 0 aliphatic heterocycles. The van der Waals surface area contributed by atoms with Crippen molar-refractivity contribution in [3.8, 4) is 5.75 Å². The summed E-state index contributed by atoms with van der Waals surface area (Å²) in [4.78, 5) is 4.23. The minimum atomic E-state index is 0.582. The van der Waals surface area contributed by atoms with E-state index in [1.165, 1.54) is 0 Å². The highest BCUT2D eigenvalue weighted by atomic mass is 79.9. The summed E-state index contributed by atoms with van der Waals surface area (Å²) in [6, 6.07) is 9.36. The Hall–Kier alpha value is -1.26. The molecule has 0 saturated heterocycles. The normalized spacial score (nSPS) is 10.2. The zero-order chi connectivity index (χ0) is 13.0. The van der Waals surface area contributed by atoms with Crippen LogP contribution in [-0.4, -0.2) is 11.6 Å². The average Bonchev–Trinajstić information content (AvgIpc) is 2.36. The Labute approximate surface area is 119 Å². The molecular formula is C13H12BrClN2O. The molecule has 0 spiro atoms. The summed E-state index contributed by atoms with van der Waals surface area (Å²) in [5.41, 5.74) is 0.873. The Bertz CT molecular complexity index is 531. The fourth-order valence-corrected chi connectivity index (χ4v) is 1.92. The van der Waals surface area contributed by atoms with E-state index < -0.39 is 0 Å². The van der Waals surface area contributed by atoms with Crippen molar-refractivity contribution in [3.63, 3.8) is 0 Å². The fourth-order valence-electron chi connectivity index (χ4n) is 1.45. The van der Waals surface area contributed by atoms with Gasteiger partial charge < -0.3 is 10.1 Å². The third-order valence-corrected chi connectivity index (χ3v) is 3.00. The van der Waals surface area contributed by atoms with E-state index in [9.17, 15) is 0 Å². The largest absolute Gasteiger partial charge is 0.492 e. The summed E-state index contributed by atoms with van der Waals surface area (Å²) in [6.45, 7) is 2.52. The molecule has 0 fully saturated rings. The minimum absolute atomic E-state index is 0.582. The maximum atomic E-state index is 6.11. The van der Waals surface area contributed by atoms with Crippen molar-refractivity contribution in [2.75, 3.05) is 11.9 Å². The van der Waals surface area contributed by atoms with Crippen LogP contribution in [0.15, 0.2) is 41.0 Å². The van der Waals surface area contributed by atoms with Gasteiger partial charge in [0.15, 0.2) is 0 Å². The van der Waals surface area contributed by atoms with Gasteiger partial charge in [-0.25, -0.2) is 4.98 Å². The van der Waals surface area contributed by atoms with Crippen LogP contribution >= 0.6 is 27.5 Å². The quantitative estimate of drug-likeness (QED) is 0.888. The number of nitrogens with one attached hydrogen (secondary N) is 1. The molecule has 0 aliphatic carbocycles.